The summed E-state index contributed by atoms with van der Waals surface area (Å²) in [4.78, 5) is 20.2. The molecule has 0 aliphatic carbocycles. The van der Waals surface area contributed by atoms with E-state index in [4.69, 9.17) is 9.47 Å². The first-order valence-corrected chi connectivity index (χ1v) is 10.4. The zero-order valence-electron chi connectivity index (χ0n) is 14.5. The van der Waals surface area contributed by atoms with Crippen LogP contribution in [0.15, 0.2) is 65.1 Å². The zero-order valence-corrected chi connectivity index (χ0v) is 16.2. The summed E-state index contributed by atoms with van der Waals surface area (Å²) in [5.41, 5.74) is 0.805. The highest BCUT2D eigenvalue weighted by Gasteiger charge is 2.20. The number of pyridine rings is 1. The lowest BCUT2D eigenvalue weighted by Gasteiger charge is -2.25. The van der Waals surface area contributed by atoms with E-state index in [0.29, 0.717) is 31.3 Å². The first kappa shape index (κ1) is 17.9. The molecule has 0 atom stereocenters. The second-order valence-corrected chi connectivity index (χ2v) is 7.87. The van der Waals surface area contributed by atoms with Crippen molar-refractivity contribution in [3.8, 4) is 11.5 Å². The molecule has 1 aromatic carbocycles. The molecule has 0 saturated carbocycles. The number of carbonyl (C=O) groups is 1. The number of thioether (sulfide) groups is 1. The highest BCUT2D eigenvalue weighted by atomic mass is 32.2. The lowest BCUT2D eigenvalue weighted by molar-refractivity contribution is -0.116. The Kier molecular flexibility index (Phi) is 5.60. The van der Waals surface area contributed by atoms with Gasteiger partial charge in [0.1, 0.15) is 13.2 Å². The summed E-state index contributed by atoms with van der Waals surface area (Å²) in [6.07, 6.45) is 1.73. The maximum Gasteiger partial charge on any atom is 0.237 e. The molecule has 27 heavy (non-hydrogen) atoms. The molecule has 0 radical (unpaired) electrons. The van der Waals surface area contributed by atoms with E-state index < -0.39 is 0 Å². The highest BCUT2D eigenvalue weighted by molar-refractivity contribution is 7.99. The standard InChI is InChI=1S/C20H18N2O3S2/c23-20(14-27-19-5-1-2-8-21-19)22(13-16-4-3-11-26-16)15-6-7-17-18(12-15)25-10-9-24-17/h1-8,11-12H,9-10,13-14H2. The minimum absolute atomic E-state index is 0.0238. The van der Waals surface area contributed by atoms with Gasteiger partial charge in [0.2, 0.25) is 5.91 Å². The molecule has 138 valence electrons. The molecular formula is C20H18N2O3S2. The second kappa shape index (κ2) is 8.45. The number of anilines is 1. The van der Waals surface area contributed by atoms with Crippen LogP contribution in [0.4, 0.5) is 5.69 Å². The molecule has 4 rings (SSSR count). The number of nitrogens with zero attached hydrogens (tertiary/aromatic N) is 2. The van der Waals surface area contributed by atoms with Crippen molar-refractivity contribution < 1.29 is 14.3 Å². The Balaban J connectivity index is 1.55. The molecule has 0 saturated heterocycles. The maximum absolute atomic E-state index is 13.0. The fourth-order valence-electron chi connectivity index (χ4n) is 2.73. The van der Waals surface area contributed by atoms with Crippen LogP contribution in [0.1, 0.15) is 4.88 Å². The van der Waals surface area contributed by atoms with Gasteiger partial charge < -0.3 is 14.4 Å². The van der Waals surface area contributed by atoms with Gasteiger partial charge in [0.15, 0.2) is 11.5 Å². The van der Waals surface area contributed by atoms with Gasteiger partial charge >= 0.3 is 0 Å². The highest BCUT2D eigenvalue weighted by Crippen LogP contribution is 2.35. The lowest BCUT2D eigenvalue weighted by atomic mass is 10.2. The van der Waals surface area contributed by atoms with Gasteiger partial charge in [0, 0.05) is 22.8 Å². The van der Waals surface area contributed by atoms with Crippen molar-refractivity contribution in [3.63, 3.8) is 0 Å². The molecule has 7 heteroatoms. The second-order valence-electron chi connectivity index (χ2n) is 5.84. The third-order valence-electron chi connectivity index (χ3n) is 4.01. The number of rotatable bonds is 6. The fraction of sp³-hybridized carbons (Fsp3) is 0.200. The molecule has 1 amide bonds. The normalized spacial score (nSPS) is 12.6. The first-order valence-electron chi connectivity index (χ1n) is 8.56. The van der Waals surface area contributed by atoms with Crippen LogP contribution in [0.2, 0.25) is 0 Å². The predicted octanol–water partition coefficient (Wildman–Crippen LogP) is 4.24. The van der Waals surface area contributed by atoms with Gasteiger partial charge in [-0.05, 0) is 35.7 Å². The van der Waals surface area contributed by atoms with Crippen molar-refractivity contribution in [2.45, 2.75) is 11.6 Å². The van der Waals surface area contributed by atoms with E-state index in [2.05, 4.69) is 4.98 Å². The number of thiophene rings is 1. The number of benzene rings is 1. The molecule has 1 aliphatic rings. The molecule has 3 aromatic rings. The maximum atomic E-state index is 13.0. The van der Waals surface area contributed by atoms with E-state index in [-0.39, 0.29) is 5.91 Å². The number of amides is 1. The van der Waals surface area contributed by atoms with Crippen LogP contribution in [0.25, 0.3) is 0 Å². The SMILES string of the molecule is O=C(CSc1ccccn1)N(Cc1cccs1)c1ccc2c(c1)OCCO2. The number of carbonyl (C=O) groups excluding carboxylic acids is 1. The van der Waals surface area contributed by atoms with E-state index in [9.17, 15) is 4.79 Å². The molecule has 0 fully saturated rings. The summed E-state index contributed by atoms with van der Waals surface area (Å²) in [6.45, 7) is 1.59. The number of hydrogen-bond acceptors (Lipinski definition) is 6. The molecule has 3 heterocycles. The van der Waals surface area contributed by atoms with Crippen LogP contribution < -0.4 is 14.4 Å². The van der Waals surface area contributed by atoms with Gasteiger partial charge in [-0.25, -0.2) is 4.98 Å². The van der Waals surface area contributed by atoms with Crippen molar-refractivity contribution in [2.24, 2.45) is 0 Å². The molecule has 5 nitrogen and oxygen atoms in total. The average Bonchev–Trinajstić information content (AvgIpc) is 3.24. The Morgan fingerprint density at radius 2 is 2.00 bits per heavy atom. The largest absolute Gasteiger partial charge is 0.486 e. The summed E-state index contributed by atoms with van der Waals surface area (Å²) < 4.78 is 11.3. The molecule has 2 aromatic heterocycles. The van der Waals surface area contributed by atoms with Crippen molar-refractivity contribution in [3.05, 3.63) is 65.0 Å². The van der Waals surface area contributed by atoms with Crippen LogP contribution >= 0.6 is 23.1 Å². The van der Waals surface area contributed by atoms with Crippen molar-refractivity contribution in [1.29, 1.82) is 0 Å². The fourth-order valence-corrected chi connectivity index (χ4v) is 4.16. The third kappa shape index (κ3) is 4.43. The van der Waals surface area contributed by atoms with Gasteiger partial charge in [-0.3, -0.25) is 4.79 Å². The Bertz CT molecular complexity index is 901. The topological polar surface area (TPSA) is 51.7 Å². The van der Waals surface area contributed by atoms with E-state index in [1.807, 2.05) is 53.9 Å². The Morgan fingerprint density at radius 3 is 2.78 bits per heavy atom. The Labute approximate surface area is 165 Å². The number of hydrogen-bond donors (Lipinski definition) is 0. The summed E-state index contributed by atoms with van der Waals surface area (Å²) in [7, 11) is 0. The van der Waals surface area contributed by atoms with Gasteiger partial charge in [-0.2, -0.15) is 0 Å². The molecule has 0 bridgehead atoms. The molecule has 0 N–H and O–H groups in total. The van der Waals surface area contributed by atoms with E-state index in [1.165, 1.54) is 11.8 Å². The molecule has 1 aliphatic heterocycles. The average molecular weight is 399 g/mol. The Morgan fingerprint density at radius 1 is 1.11 bits per heavy atom. The third-order valence-corrected chi connectivity index (χ3v) is 5.80. The van der Waals surface area contributed by atoms with E-state index in [0.717, 1.165) is 21.3 Å². The quantitative estimate of drug-likeness (QED) is 0.582. The van der Waals surface area contributed by atoms with Gasteiger partial charge in [0.05, 0.1) is 17.3 Å². The first-order chi connectivity index (χ1) is 13.3. The minimum Gasteiger partial charge on any atom is -0.486 e. The monoisotopic (exact) mass is 398 g/mol. The lowest BCUT2D eigenvalue weighted by Crippen LogP contribution is -2.31. The molecule has 0 unspecified atom stereocenters. The number of fused-ring (bicyclic) bond motifs is 1. The van der Waals surface area contributed by atoms with Gasteiger partial charge in [-0.1, -0.05) is 23.9 Å². The van der Waals surface area contributed by atoms with Crippen LogP contribution in [-0.2, 0) is 11.3 Å². The minimum atomic E-state index is 0.0238. The van der Waals surface area contributed by atoms with Crippen LogP contribution in [0.3, 0.4) is 0 Å². The van der Waals surface area contributed by atoms with Crippen LogP contribution in [-0.4, -0.2) is 29.9 Å². The molecule has 0 spiro atoms. The van der Waals surface area contributed by atoms with Crippen molar-refractivity contribution >= 4 is 34.7 Å². The summed E-state index contributed by atoms with van der Waals surface area (Å²) >= 11 is 3.08. The summed E-state index contributed by atoms with van der Waals surface area (Å²) in [5.74, 6) is 1.74. The number of aromatic nitrogens is 1. The van der Waals surface area contributed by atoms with Crippen LogP contribution in [0, 0.1) is 0 Å². The van der Waals surface area contributed by atoms with Crippen molar-refractivity contribution in [2.75, 3.05) is 23.9 Å². The Hall–Kier alpha value is -2.51. The van der Waals surface area contributed by atoms with Gasteiger partial charge in [-0.15, -0.1) is 11.3 Å². The summed E-state index contributed by atoms with van der Waals surface area (Å²) in [6, 6.07) is 15.4. The van der Waals surface area contributed by atoms with Crippen molar-refractivity contribution in [1.82, 2.24) is 4.98 Å². The van der Waals surface area contributed by atoms with Crippen LogP contribution in [0.5, 0.6) is 11.5 Å². The zero-order chi connectivity index (χ0) is 18.5. The summed E-state index contributed by atoms with van der Waals surface area (Å²) in [5, 5.41) is 2.86. The van der Waals surface area contributed by atoms with E-state index in [1.54, 1.807) is 22.4 Å². The number of ether oxygens (including phenoxy) is 2. The molecular weight excluding hydrogens is 380 g/mol. The van der Waals surface area contributed by atoms with E-state index >= 15 is 0 Å². The smallest absolute Gasteiger partial charge is 0.237 e. The van der Waals surface area contributed by atoms with Gasteiger partial charge in [0.25, 0.3) is 0 Å². The predicted molar refractivity (Wildman–Crippen MR) is 108 cm³/mol.